The molecule has 0 aromatic rings. The van der Waals surface area contributed by atoms with Crippen LogP contribution in [0.25, 0.3) is 0 Å². The van der Waals surface area contributed by atoms with Gasteiger partial charge in [0.15, 0.2) is 0 Å². The van der Waals surface area contributed by atoms with E-state index in [9.17, 15) is 0 Å². The predicted octanol–water partition coefficient (Wildman–Crippen LogP) is 3.73. The number of nitrogens with two attached hydrogens (primary N) is 1. The lowest BCUT2D eigenvalue weighted by Gasteiger charge is -1.99. The lowest BCUT2D eigenvalue weighted by Crippen LogP contribution is -1.97. The fraction of sp³-hybridized carbons (Fsp3) is 1.00. The fourth-order valence-electron chi connectivity index (χ4n) is 1.30. The molecule has 0 aliphatic carbocycles. The van der Waals surface area contributed by atoms with Gasteiger partial charge in [-0.15, -0.1) is 24.0 Å². The van der Waals surface area contributed by atoms with E-state index in [0.717, 1.165) is 12.4 Å². The fourth-order valence-corrected chi connectivity index (χ4v) is 1.49. The van der Waals surface area contributed by atoms with Crippen LogP contribution in [0.2, 0.25) is 0 Å². The molecule has 0 bridgehead atoms. The molecule has 0 aliphatic rings. The van der Waals surface area contributed by atoms with Crippen LogP contribution in [0.5, 0.6) is 0 Å². The van der Waals surface area contributed by atoms with Crippen LogP contribution in [0.15, 0.2) is 0 Å². The Hall–Kier alpha value is 0.540. The topological polar surface area (TPSA) is 26.0 Å². The number of hydrogen-bond acceptors (Lipinski definition) is 1. The third kappa shape index (κ3) is 15.3. The zero-order chi connectivity index (χ0) is 9.07. The highest BCUT2D eigenvalue weighted by molar-refractivity contribution is 6.17. The molecule has 0 atom stereocenters. The van der Waals surface area contributed by atoms with Crippen LogP contribution >= 0.6 is 24.0 Å². The number of halogens is 2. The van der Waals surface area contributed by atoms with Gasteiger partial charge in [-0.05, 0) is 19.4 Å². The van der Waals surface area contributed by atoms with Gasteiger partial charge in [-0.2, -0.15) is 0 Å². The molecule has 0 fully saturated rings. The highest BCUT2D eigenvalue weighted by Gasteiger charge is 1.90. The zero-order valence-electron chi connectivity index (χ0n) is 8.43. The summed E-state index contributed by atoms with van der Waals surface area (Å²) in [5.41, 5.74) is 5.39. The van der Waals surface area contributed by atoms with E-state index < -0.39 is 0 Å². The predicted molar refractivity (Wildman–Crippen MR) is 64.0 cm³/mol. The normalized spacial score (nSPS) is 9.69. The summed E-state index contributed by atoms with van der Waals surface area (Å²) in [6, 6.07) is 0. The van der Waals surface area contributed by atoms with Crippen molar-refractivity contribution in [1.82, 2.24) is 0 Å². The molecule has 2 N–H and O–H groups in total. The summed E-state index contributed by atoms with van der Waals surface area (Å²) in [4.78, 5) is 0. The molecule has 1 nitrogen and oxygen atoms in total. The molecule has 0 saturated carbocycles. The first kappa shape index (κ1) is 16.0. The quantitative estimate of drug-likeness (QED) is 0.472. The molecule has 0 radical (unpaired) electrons. The van der Waals surface area contributed by atoms with E-state index in [1.165, 1.54) is 51.4 Å². The standard InChI is InChI=1S/C10H22ClN.ClH/c11-9-7-5-3-1-2-4-6-8-10-12;/h1-10,12H2;1H. The van der Waals surface area contributed by atoms with Crippen molar-refractivity contribution >= 4 is 24.0 Å². The van der Waals surface area contributed by atoms with Crippen molar-refractivity contribution in [3.05, 3.63) is 0 Å². The third-order valence-corrected chi connectivity index (χ3v) is 2.36. The van der Waals surface area contributed by atoms with Gasteiger partial charge in [0.05, 0.1) is 0 Å². The molecular formula is C10H23Cl2N. The maximum absolute atomic E-state index is 5.57. The third-order valence-electron chi connectivity index (χ3n) is 2.09. The molecule has 82 valence electrons. The van der Waals surface area contributed by atoms with Crippen molar-refractivity contribution in [3.63, 3.8) is 0 Å². The maximum Gasteiger partial charge on any atom is 0.0223 e. The molecule has 0 saturated heterocycles. The molecule has 0 aliphatic heterocycles. The lowest BCUT2D eigenvalue weighted by atomic mass is 10.1. The van der Waals surface area contributed by atoms with E-state index in [0.29, 0.717) is 0 Å². The Morgan fingerprint density at radius 1 is 0.692 bits per heavy atom. The Balaban J connectivity index is 0. The first-order chi connectivity index (χ1) is 5.91. The van der Waals surface area contributed by atoms with Crippen LogP contribution in [0.4, 0.5) is 0 Å². The average molecular weight is 228 g/mol. The minimum atomic E-state index is 0. The summed E-state index contributed by atoms with van der Waals surface area (Å²) in [6.45, 7) is 0.853. The smallest absolute Gasteiger partial charge is 0.0223 e. The minimum Gasteiger partial charge on any atom is -0.330 e. The zero-order valence-corrected chi connectivity index (χ0v) is 10.0. The maximum atomic E-state index is 5.57. The number of hydrogen-bond donors (Lipinski definition) is 1. The monoisotopic (exact) mass is 227 g/mol. The SMILES string of the molecule is Cl.NCCCCCCCCCCCl. The highest BCUT2D eigenvalue weighted by atomic mass is 35.5. The number of unbranched alkanes of at least 4 members (excludes halogenated alkanes) is 7. The van der Waals surface area contributed by atoms with Crippen LogP contribution in [0, 0.1) is 0 Å². The van der Waals surface area contributed by atoms with Gasteiger partial charge >= 0.3 is 0 Å². The van der Waals surface area contributed by atoms with E-state index >= 15 is 0 Å². The van der Waals surface area contributed by atoms with Crippen LogP contribution in [0.1, 0.15) is 51.4 Å². The Kier molecular flexibility index (Phi) is 18.5. The molecule has 0 amide bonds. The molecule has 0 spiro atoms. The second kappa shape index (κ2) is 15.0. The van der Waals surface area contributed by atoms with Gasteiger partial charge in [0.1, 0.15) is 0 Å². The second-order valence-electron chi connectivity index (χ2n) is 3.31. The summed E-state index contributed by atoms with van der Waals surface area (Å²) >= 11 is 5.57. The van der Waals surface area contributed by atoms with E-state index in [1.54, 1.807) is 0 Å². The Morgan fingerprint density at radius 2 is 1.08 bits per heavy atom. The largest absolute Gasteiger partial charge is 0.330 e. The molecule has 0 rings (SSSR count). The van der Waals surface area contributed by atoms with Gasteiger partial charge < -0.3 is 5.73 Å². The lowest BCUT2D eigenvalue weighted by molar-refractivity contribution is 0.579. The van der Waals surface area contributed by atoms with Crippen molar-refractivity contribution in [2.45, 2.75) is 51.4 Å². The van der Waals surface area contributed by atoms with Gasteiger partial charge in [0.25, 0.3) is 0 Å². The van der Waals surface area contributed by atoms with Crippen molar-refractivity contribution in [2.24, 2.45) is 5.73 Å². The molecule has 0 aromatic carbocycles. The van der Waals surface area contributed by atoms with Crippen molar-refractivity contribution in [1.29, 1.82) is 0 Å². The van der Waals surface area contributed by atoms with Gasteiger partial charge in [-0.3, -0.25) is 0 Å². The highest BCUT2D eigenvalue weighted by Crippen LogP contribution is 2.08. The summed E-state index contributed by atoms with van der Waals surface area (Å²) in [5.74, 6) is 0.827. The Labute approximate surface area is 93.8 Å². The van der Waals surface area contributed by atoms with Crippen molar-refractivity contribution < 1.29 is 0 Å². The summed E-state index contributed by atoms with van der Waals surface area (Å²) in [6.07, 6.45) is 10.5. The Morgan fingerprint density at radius 3 is 1.46 bits per heavy atom. The van der Waals surface area contributed by atoms with E-state index in [-0.39, 0.29) is 12.4 Å². The van der Waals surface area contributed by atoms with E-state index in [4.69, 9.17) is 17.3 Å². The van der Waals surface area contributed by atoms with E-state index in [1.807, 2.05) is 0 Å². The molecule has 3 heteroatoms. The van der Waals surface area contributed by atoms with Gasteiger partial charge in [-0.25, -0.2) is 0 Å². The van der Waals surface area contributed by atoms with Crippen LogP contribution in [-0.4, -0.2) is 12.4 Å². The molecule has 13 heavy (non-hydrogen) atoms. The van der Waals surface area contributed by atoms with Crippen LogP contribution in [-0.2, 0) is 0 Å². The van der Waals surface area contributed by atoms with E-state index in [2.05, 4.69) is 0 Å². The number of alkyl halides is 1. The van der Waals surface area contributed by atoms with Crippen molar-refractivity contribution in [3.8, 4) is 0 Å². The van der Waals surface area contributed by atoms with Crippen LogP contribution < -0.4 is 5.73 Å². The van der Waals surface area contributed by atoms with Crippen molar-refractivity contribution in [2.75, 3.05) is 12.4 Å². The summed E-state index contributed by atoms with van der Waals surface area (Å²) in [7, 11) is 0. The Bertz CT molecular complexity index is 69.3. The molecular weight excluding hydrogens is 205 g/mol. The average Bonchev–Trinajstić information content (AvgIpc) is 2.10. The first-order valence-corrected chi connectivity index (χ1v) is 5.71. The first-order valence-electron chi connectivity index (χ1n) is 5.18. The number of rotatable bonds is 9. The molecule has 0 heterocycles. The van der Waals surface area contributed by atoms with Gasteiger partial charge in [0.2, 0.25) is 0 Å². The molecule has 0 unspecified atom stereocenters. The van der Waals surface area contributed by atoms with Gasteiger partial charge in [0, 0.05) is 5.88 Å². The summed E-state index contributed by atoms with van der Waals surface area (Å²) in [5, 5.41) is 0. The van der Waals surface area contributed by atoms with Gasteiger partial charge in [-0.1, -0.05) is 38.5 Å². The minimum absolute atomic E-state index is 0. The molecule has 0 aromatic heterocycles. The second-order valence-corrected chi connectivity index (χ2v) is 3.68. The van der Waals surface area contributed by atoms with Crippen LogP contribution in [0.3, 0.4) is 0 Å². The summed E-state index contributed by atoms with van der Waals surface area (Å²) < 4.78 is 0.